The Morgan fingerprint density at radius 2 is 1.90 bits per heavy atom. The Balaban J connectivity index is 2.16. The minimum atomic E-state index is -0.498. The van der Waals surface area contributed by atoms with Gasteiger partial charge in [0.1, 0.15) is 0 Å². The quantitative estimate of drug-likeness (QED) is 0.665. The van der Waals surface area contributed by atoms with Crippen molar-refractivity contribution in [2.45, 2.75) is 13.3 Å². The van der Waals surface area contributed by atoms with Gasteiger partial charge in [0.05, 0.1) is 10.6 Å². The van der Waals surface area contributed by atoms with Gasteiger partial charge in [-0.05, 0) is 52.2 Å². The number of nitrogens with zero attached hydrogens (tertiary/aromatic N) is 1. The number of nitrogens with one attached hydrogen (secondary N) is 1. The molecular formula is C15H13BrN2O3. The first-order valence-corrected chi connectivity index (χ1v) is 7.14. The molecule has 6 heteroatoms. The van der Waals surface area contributed by atoms with E-state index in [4.69, 9.17) is 0 Å². The van der Waals surface area contributed by atoms with Gasteiger partial charge in [-0.15, -0.1) is 0 Å². The number of nitro groups is 1. The van der Waals surface area contributed by atoms with Crippen LogP contribution in [0.5, 0.6) is 0 Å². The summed E-state index contributed by atoms with van der Waals surface area (Å²) < 4.78 is 0.803. The summed E-state index contributed by atoms with van der Waals surface area (Å²) in [5.74, 6) is -0.310. The molecule has 21 heavy (non-hydrogen) atoms. The summed E-state index contributed by atoms with van der Waals surface area (Å²) in [6.45, 7) is 2.05. The standard InChI is InChI=1S/C15H13BrN2O3/c1-2-10-3-8-14(13(16)9-10)17-15(19)11-4-6-12(7-5-11)18(20)21/h3-9H,2H2,1H3,(H,17,19). The third-order valence-electron chi connectivity index (χ3n) is 3.03. The van der Waals surface area contributed by atoms with Gasteiger partial charge in [0.2, 0.25) is 0 Å². The van der Waals surface area contributed by atoms with Crippen LogP contribution in [0, 0.1) is 10.1 Å². The van der Waals surface area contributed by atoms with Crippen LogP contribution in [0.25, 0.3) is 0 Å². The van der Waals surface area contributed by atoms with Crippen molar-refractivity contribution >= 4 is 33.2 Å². The highest BCUT2D eigenvalue weighted by Gasteiger charge is 2.11. The zero-order valence-corrected chi connectivity index (χ0v) is 12.9. The maximum Gasteiger partial charge on any atom is 0.269 e. The Kier molecular flexibility index (Phi) is 4.70. The molecule has 1 amide bonds. The van der Waals surface area contributed by atoms with Crippen LogP contribution in [0.2, 0.25) is 0 Å². The van der Waals surface area contributed by atoms with Gasteiger partial charge in [0.25, 0.3) is 11.6 Å². The van der Waals surface area contributed by atoms with Crippen molar-refractivity contribution < 1.29 is 9.72 Å². The monoisotopic (exact) mass is 348 g/mol. The number of anilines is 1. The number of nitro benzene ring substituents is 1. The maximum atomic E-state index is 12.1. The molecule has 0 radical (unpaired) electrons. The highest BCUT2D eigenvalue weighted by Crippen LogP contribution is 2.24. The molecule has 5 nitrogen and oxygen atoms in total. The highest BCUT2D eigenvalue weighted by molar-refractivity contribution is 9.10. The molecule has 0 aliphatic rings. The summed E-state index contributed by atoms with van der Waals surface area (Å²) in [6.07, 6.45) is 0.912. The number of amides is 1. The first-order chi connectivity index (χ1) is 10.0. The SMILES string of the molecule is CCc1ccc(NC(=O)c2ccc([N+](=O)[O-])cc2)c(Br)c1. The third-order valence-corrected chi connectivity index (χ3v) is 3.69. The van der Waals surface area contributed by atoms with Gasteiger partial charge in [-0.2, -0.15) is 0 Å². The zero-order chi connectivity index (χ0) is 15.4. The number of hydrogen-bond donors (Lipinski definition) is 1. The highest BCUT2D eigenvalue weighted by atomic mass is 79.9. The Hall–Kier alpha value is -2.21. The third kappa shape index (κ3) is 3.66. The number of halogens is 1. The van der Waals surface area contributed by atoms with Crippen molar-refractivity contribution in [2.24, 2.45) is 0 Å². The average Bonchev–Trinajstić information content (AvgIpc) is 2.49. The summed E-state index contributed by atoms with van der Waals surface area (Å²) in [5.41, 5.74) is 2.15. The molecule has 0 aliphatic carbocycles. The van der Waals surface area contributed by atoms with E-state index in [1.165, 1.54) is 24.3 Å². The average molecular weight is 349 g/mol. The number of rotatable bonds is 4. The van der Waals surface area contributed by atoms with E-state index in [9.17, 15) is 14.9 Å². The minimum Gasteiger partial charge on any atom is -0.321 e. The predicted molar refractivity (Wildman–Crippen MR) is 84.6 cm³/mol. The van der Waals surface area contributed by atoms with Crippen LogP contribution < -0.4 is 5.32 Å². The second-order valence-corrected chi connectivity index (χ2v) is 5.28. The van der Waals surface area contributed by atoms with E-state index in [0.29, 0.717) is 11.3 Å². The summed E-state index contributed by atoms with van der Waals surface area (Å²) in [4.78, 5) is 22.2. The Bertz CT molecular complexity index is 684. The molecular weight excluding hydrogens is 336 g/mol. The summed E-state index contributed by atoms with van der Waals surface area (Å²) in [7, 11) is 0. The van der Waals surface area contributed by atoms with Crippen molar-refractivity contribution in [1.29, 1.82) is 0 Å². The van der Waals surface area contributed by atoms with Crippen molar-refractivity contribution in [2.75, 3.05) is 5.32 Å². The molecule has 0 spiro atoms. The van der Waals surface area contributed by atoms with Crippen molar-refractivity contribution in [1.82, 2.24) is 0 Å². The van der Waals surface area contributed by atoms with Gasteiger partial charge in [0.15, 0.2) is 0 Å². The molecule has 2 rings (SSSR count). The Labute approximate surface area is 130 Å². The number of carbonyl (C=O) groups is 1. The van der Waals surface area contributed by atoms with Crippen molar-refractivity contribution in [3.8, 4) is 0 Å². The van der Waals surface area contributed by atoms with Crippen LogP contribution in [0.1, 0.15) is 22.8 Å². The molecule has 108 valence electrons. The lowest BCUT2D eigenvalue weighted by Crippen LogP contribution is -2.12. The molecule has 0 aromatic heterocycles. The van der Waals surface area contributed by atoms with Crippen LogP contribution in [0.3, 0.4) is 0 Å². The minimum absolute atomic E-state index is 0.0416. The molecule has 0 heterocycles. The fourth-order valence-electron chi connectivity index (χ4n) is 1.81. The van der Waals surface area contributed by atoms with E-state index < -0.39 is 4.92 Å². The number of carbonyl (C=O) groups excluding carboxylic acids is 1. The smallest absolute Gasteiger partial charge is 0.269 e. The van der Waals surface area contributed by atoms with Crippen LogP contribution in [-0.4, -0.2) is 10.8 Å². The van der Waals surface area contributed by atoms with Crippen molar-refractivity contribution in [3.05, 3.63) is 68.2 Å². The van der Waals surface area contributed by atoms with Crippen LogP contribution in [-0.2, 0) is 6.42 Å². The van der Waals surface area contributed by atoms with Crippen molar-refractivity contribution in [3.63, 3.8) is 0 Å². The van der Waals surface area contributed by atoms with E-state index in [-0.39, 0.29) is 11.6 Å². The summed E-state index contributed by atoms with van der Waals surface area (Å²) >= 11 is 3.42. The Morgan fingerprint density at radius 3 is 2.43 bits per heavy atom. The van der Waals surface area contributed by atoms with E-state index >= 15 is 0 Å². The summed E-state index contributed by atoms with van der Waals surface area (Å²) in [6, 6.07) is 11.2. The lowest BCUT2D eigenvalue weighted by molar-refractivity contribution is -0.384. The van der Waals surface area contributed by atoms with E-state index in [1.807, 2.05) is 18.2 Å². The zero-order valence-electron chi connectivity index (χ0n) is 11.3. The van der Waals surface area contributed by atoms with Crippen LogP contribution >= 0.6 is 15.9 Å². The number of non-ortho nitro benzene ring substituents is 1. The maximum absolute atomic E-state index is 12.1. The molecule has 0 aliphatic heterocycles. The Morgan fingerprint density at radius 1 is 1.24 bits per heavy atom. The van der Waals surface area contributed by atoms with Crippen LogP contribution in [0.4, 0.5) is 11.4 Å². The largest absolute Gasteiger partial charge is 0.321 e. The lowest BCUT2D eigenvalue weighted by atomic mass is 10.1. The number of hydrogen-bond acceptors (Lipinski definition) is 3. The summed E-state index contributed by atoms with van der Waals surface area (Å²) in [5, 5.41) is 13.3. The molecule has 0 saturated heterocycles. The normalized spacial score (nSPS) is 10.2. The molecule has 1 N–H and O–H groups in total. The molecule has 0 atom stereocenters. The van der Waals surface area contributed by atoms with Gasteiger partial charge in [-0.3, -0.25) is 14.9 Å². The first kappa shape index (κ1) is 15.2. The van der Waals surface area contributed by atoms with E-state index in [1.54, 1.807) is 0 Å². The van der Waals surface area contributed by atoms with E-state index in [0.717, 1.165) is 16.5 Å². The van der Waals surface area contributed by atoms with Gasteiger partial charge >= 0.3 is 0 Å². The molecule has 0 bridgehead atoms. The van der Waals surface area contributed by atoms with Crippen LogP contribution in [0.15, 0.2) is 46.9 Å². The molecule has 2 aromatic rings. The molecule has 0 fully saturated rings. The molecule has 0 unspecified atom stereocenters. The van der Waals surface area contributed by atoms with Gasteiger partial charge < -0.3 is 5.32 Å². The second-order valence-electron chi connectivity index (χ2n) is 4.43. The second kappa shape index (κ2) is 6.49. The lowest BCUT2D eigenvalue weighted by Gasteiger charge is -2.08. The fourth-order valence-corrected chi connectivity index (χ4v) is 2.33. The molecule has 2 aromatic carbocycles. The first-order valence-electron chi connectivity index (χ1n) is 6.35. The van der Waals surface area contributed by atoms with E-state index in [2.05, 4.69) is 28.2 Å². The van der Waals surface area contributed by atoms with Gasteiger partial charge in [-0.1, -0.05) is 13.0 Å². The topological polar surface area (TPSA) is 72.2 Å². The number of benzene rings is 2. The molecule has 0 saturated carbocycles. The fraction of sp³-hybridized carbons (Fsp3) is 0.133. The number of aryl methyl sites for hydroxylation is 1. The van der Waals surface area contributed by atoms with Gasteiger partial charge in [-0.25, -0.2) is 0 Å². The van der Waals surface area contributed by atoms with Gasteiger partial charge in [0, 0.05) is 22.2 Å². The predicted octanol–water partition coefficient (Wildman–Crippen LogP) is 4.17.